The van der Waals surface area contributed by atoms with E-state index < -0.39 is 0 Å². The van der Waals surface area contributed by atoms with Gasteiger partial charge in [0.1, 0.15) is 6.61 Å². The van der Waals surface area contributed by atoms with Crippen molar-refractivity contribution >= 4 is 28.1 Å². The Balaban J connectivity index is 2.67. The van der Waals surface area contributed by atoms with Gasteiger partial charge in [-0.2, -0.15) is 5.10 Å². The fourth-order valence-corrected chi connectivity index (χ4v) is 1.69. The Morgan fingerprint density at radius 1 is 1.58 bits per heavy atom. The first-order valence-corrected chi connectivity index (χ1v) is 6.34. The molecule has 0 spiro atoms. The third kappa shape index (κ3) is 4.88. The molecule has 0 aliphatic rings. The van der Waals surface area contributed by atoms with E-state index in [-0.39, 0.29) is 18.3 Å². The van der Waals surface area contributed by atoms with Gasteiger partial charge >= 0.3 is 0 Å². The minimum absolute atomic E-state index is 0.0139. The van der Waals surface area contributed by atoms with E-state index in [1.807, 2.05) is 0 Å². The van der Waals surface area contributed by atoms with Gasteiger partial charge in [-0.15, -0.1) is 0 Å². The number of nitrogens with zero attached hydrogens (tertiary/aromatic N) is 1. The van der Waals surface area contributed by atoms with Gasteiger partial charge in [0.2, 0.25) is 0 Å². The summed E-state index contributed by atoms with van der Waals surface area (Å²) in [4.78, 5) is 11.2. The van der Waals surface area contributed by atoms with E-state index in [0.29, 0.717) is 22.4 Å². The highest BCUT2D eigenvalue weighted by Gasteiger charge is 2.07. The Morgan fingerprint density at radius 2 is 2.32 bits per heavy atom. The van der Waals surface area contributed by atoms with Crippen molar-refractivity contribution in [1.82, 2.24) is 5.43 Å². The first-order valence-electron chi connectivity index (χ1n) is 5.54. The average molecular weight is 331 g/mol. The molecule has 1 aromatic carbocycles. The molecule has 0 aliphatic carbocycles. The number of carbonyl (C=O) groups is 1. The molecule has 0 aromatic heterocycles. The first kappa shape index (κ1) is 15.5. The standard InChI is InChI=1S/C12H15BrN2O4/c1-3-19-7-11(16)15-14-6-8-4-9(13)12(17)10(5-8)18-2/h4-6,17H,3,7H2,1-2H3,(H,15,16)/b14-6+. The van der Waals surface area contributed by atoms with Crippen LogP contribution in [0.15, 0.2) is 21.7 Å². The predicted octanol–water partition coefficient (Wildman–Crippen LogP) is 1.65. The van der Waals surface area contributed by atoms with Crippen LogP contribution in [-0.4, -0.2) is 37.6 Å². The molecular formula is C12H15BrN2O4. The number of aromatic hydroxyl groups is 1. The molecule has 0 heterocycles. The van der Waals surface area contributed by atoms with Crippen molar-refractivity contribution < 1.29 is 19.4 Å². The molecule has 0 fully saturated rings. The Morgan fingerprint density at radius 3 is 2.95 bits per heavy atom. The number of methoxy groups -OCH3 is 1. The van der Waals surface area contributed by atoms with E-state index in [1.165, 1.54) is 13.3 Å². The summed E-state index contributed by atoms with van der Waals surface area (Å²) in [5.74, 6) is -0.000548. The first-order chi connectivity index (χ1) is 9.08. The van der Waals surface area contributed by atoms with Crippen LogP contribution in [0, 0.1) is 0 Å². The van der Waals surface area contributed by atoms with Crippen LogP contribution in [0.5, 0.6) is 11.5 Å². The fourth-order valence-electron chi connectivity index (χ4n) is 1.23. The number of hydrogen-bond acceptors (Lipinski definition) is 5. The van der Waals surface area contributed by atoms with Crippen molar-refractivity contribution in [3.8, 4) is 11.5 Å². The summed E-state index contributed by atoms with van der Waals surface area (Å²) >= 11 is 3.19. The lowest BCUT2D eigenvalue weighted by atomic mass is 10.2. The lowest BCUT2D eigenvalue weighted by Gasteiger charge is -2.06. The van der Waals surface area contributed by atoms with Crippen LogP contribution < -0.4 is 10.2 Å². The minimum Gasteiger partial charge on any atom is -0.503 e. The van der Waals surface area contributed by atoms with Crippen molar-refractivity contribution in [3.05, 3.63) is 22.2 Å². The summed E-state index contributed by atoms with van der Waals surface area (Å²) in [7, 11) is 1.45. The molecular weight excluding hydrogens is 316 g/mol. The second-order valence-electron chi connectivity index (χ2n) is 3.48. The molecule has 0 atom stereocenters. The fraction of sp³-hybridized carbons (Fsp3) is 0.333. The van der Waals surface area contributed by atoms with Gasteiger partial charge in [0, 0.05) is 6.61 Å². The molecule has 1 rings (SSSR count). The van der Waals surface area contributed by atoms with Gasteiger partial charge in [0.05, 0.1) is 17.8 Å². The molecule has 1 aromatic rings. The lowest BCUT2D eigenvalue weighted by molar-refractivity contribution is -0.125. The van der Waals surface area contributed by atoms with Gasteiger partial charge in [-0.1, -0.05) is 0 Å². The monoisotopic (exact) mass is 330 g/mol. The maximum absolute atomic E-state index is 11.2. The van der Waals surface area contributed by atoms with E-state index in [2.05, 4.69) is 26.5 Å². The quantitative estimate of drug-likeness (QED) is 0.614. The molecule has 0 unspecified atom stereocenters. The van der Waals surface area contributed by atoms with Crippen molar-refractivity contribution in [2.45, 2.75) is 6.92 Å². The Labute approximate surface area is 119 Å². The highest BCUT2D eigenvalue weighted by atomic mass is 79.9. The molecule has 0 saturated heterocycles. The van der Waals surface area contributed by atoms with Crippen LogP contribution in [0.1, 0.15) is 12.5 Å². The zero-order valence-corrected chi connectivity index (χ0v) is 12.2. The maximum Gasteiger partial charge on any atom is 0.266 e. The number of carbonyl (C=O) groups excluding carboxylic acids is 1. The van der Waals surface area contributed by atoms with Gasteiger partial charge in [0.25, 0.3) is 5.91 Å². The van der Waals surface area contributed by atoms with Crippen LogP contribution in [0.25, 0.3) is 0 Å². The molecule has 0 aliphatic heterocycles. The number of halogens is 1. The second-order valence-corrected chi connectivity index (χ2v) is 4.34. The van der Waals surface area contributed by atoms with Crippen molar-refractivity contribution in [2.75, 3.05) is 20.3 Å². The number of nitrogens with one attached hydrogen (secondary N) is 1. The number of amides is 1. The van der Waals surface area contributed by atoms with E-state index in [0.717, 1.165) is 0 Å². The summed E-state index contributed by atoms with van der Waals surface area (Å²) in [6.45, 7) is 2.24. The van der Waals surface area contributed by atoms with Gasteiger partial charge in [-0.25, -0.2) is 5.43 Å². The normalized spacial score (nSPS) is 10.7. The number of hydrazone groups is 1. The highest BCUT2D eigenvalue weighted by Crippen LogP contribution is 2.34. The molecule has 2 N–H and O–H groups in total. The average Bonchev–Trinajstić information content (AvgIpc) is 2.40. The zero-order chi connectivity index (χ0) is 14.3. The number of benzene rings is 1. The molecule has 0 saturated carbocycles. The zero-order valence-electron chi connectivity index (χ0n) is 10.6. The summed E-state index contributed by atoms with van der Waals surface area (Å²) < 4.78 is 10.4. The van der Waals surface area contributed by atoms with Crippen LogP contribution in [0.3, 0.4) is 0 Å². The highest BCUT2D eigenvalue weighted by molar-refractivity contribution is 9.10. The Kier molecular flexibility index (Phi) is 6.31. The van der Waals surface area contributed by atoms with Crippen molar-refractivity contribution in [1.29, 1.82) is 0 Å². The smallest absolute Gasteiger partial charge is 0.266 e. The SMILES string of the molecule is CCOCC(=O)N/N=C/c1cc(Br)c(O)c(OC)c1. The third-order valence-corrected chi connectivity index (χ3v) is 2.72. The molecule has 0 bridgehead atoms. The lowest BCUT2D eigenvalue weighted by Crippen LogP contribution is -2.22. The van der Waals surface area contributed by atoms with Gasteiger partial charge in [-0.3, -0.25) is 4.79 Å². The maximum atomic E-state index is 11.2. The van der Waals surface area contributed by atoms with Gasteiger partial charge in [-0.05, 0) is 40.5 Å². The second kappa shape index (κ2) is 7.75. The Bertz CT molecular complexity index is 477. The summed E-state index contributed by atoms with van der Waals surface area (Å²) in [5.41, 5.74) is 2.99. The number of rotatable bonds is 6. The number of hydrogen-bond donors (Lipinski definition) is 2. The Hall–Kier alpha value is -1.60. The molecule has 0 radical (unpaired) electrons. The van der Waals surface area contributed by atoms with E-state index >= 15 is 0 Å². The minimum atomic E-state index is -0.331. The summed E-state index contributed by atoms with van der Waals surface area (Å²) in [6, 6.07) is 3.24. The number of ether oxygens (including phenoxy) is 2. The van der Waals surface area contributed by atoms with Crippen LogP contribution >= 0.6 is 15.9 Å². The van der Waals surface area contributed by atoms with E-state index in [4.69, 9.17) is 9.47 Å². The largest absolute Gasteiger partial charge is 0.503 e. The van der Waals surface area contributed by atoms with E-state index in [1.54, 1.807) is 19.1 Å². The summed E-state index contributed by atoms with van der Waals surface area (Å²) in [5, 5.41) is 13.4. The van der Waals surface area contributed by atoms with Crippen molar-refractivity contribution in [3.63, 3.8) is 0 Å². The molecule has 7 heteroatoms. The van der Waals surface area contributed by atoms with Crippen LogP contribution in [-0.2, 0) is 9.53 Å². The predicted molar refractivity (Wildman–Crippen MR) is 74.6 cm³/mol. The van der Waals surface area contributed by atoms with Gasteiger partial charge < -0.3 is 14.6 Å². The summed E-state index contributed by atoms with van der Waals surface area (Å²) in [6.07, 6.45) is 1.44. The third-order valence-electron chi connectivity index (χ3n) is 2.11. The molecule has 104 valence electrons. The number of phenolic OH excluding ortho intramolecular Hbond substituents is 1. The van der Waals surface area contributed by atoms with Crippen LogP contribution in [0.2, 0.25) is 0 Å². The molecule has 1 amide bonds. The van der Waals surface area contributed by atoms with Crippen LogP contribution in [0.4, 0.5) is 0 Å². The number of phenols is 1. The molecule has 19 heavy (non-hydrogen) atoms. The molecule has 6 nitrogen and oxygen atoms in total. The van der Waals surface area contributed by atoms with Crippen molar-refractivity contribution in [2.24, 2.45) is 5.10 Å². The van der Waals surface area contributed by atoms with E-state index in [9.17, 15) is 9.90 Å². The van der Waals surface area contributed by atoms with Gasteiger partial charge in [0.15, 0.2) is 11.5 Å². The topological polar surface area (TPSA) is 80.2 Å².